The molecule has 0 bridgehead atoms. The van der Waals surface area contributed by atoms with Crippen molar-refractivity contribution in [3.05, 3.63) is 42.7 Å². The standard InChI is InChI=1S/C12H15N3/c1-14(2)10-15-9-8-13-12(15)11-6-4-3-5-7-11/h3-9H,10H2,1-2H3. The van der Waals surface area contributed by atoms with Crippen LogP contribution in [0.2, 0.25) is 0 Å². The fraction of sp³-hybridized carbons (Fsp3) is 0.250. The summed E-state index contributed by atoms with van der Waals surface area (Å²) in [5.41, 5.74) is 1.16. The summed E-state index contributed by atoms with van der Waals surface area (Å²) in [6.45, 7) is 0.851. The summed E-state index contributed by atoms with van der Waals surface area (Å²) in [6, 6.07) is 10.2. The Morgan fingerprint density at radius 1 is 1.20 bits per heavy atom. The molecule has 0 atom stereocenters. The van der Waals surface area contributed by atoms with Crippen LogP contribution < -0.4 is 0 Å². The van der Waals surface area contributed by atoms with Gasteiger partial charge in [-0.2, -0.15) is 0 Å². The van der Waals surface area contributed by atoms with Crippen LogP contribution in [0.25, 0.3) is 11.4 Å². The molecule has 0 aliphatic carbocycles. The molecule has 0 N–H and O–H groups in total. The summed E-state index contributed by atoms with van der Waals surface area (Å²) in [6.07, 6.45) is 3.84. The third kappa shape index (κ3) is 2.25. The lowest BCUT2D eigenvalue weighted by molar-refractivity contribution is 0.328. The lowest BCUT2D eigenvalue weighted by atomic mass is 10.2. The molecule has 0 amide bonds. The minimum absolute atomic E-state index is 0.851. The van der Waals surface area contributed by atoms with Gasteiger partial charge >= 0.3 is 0 Å². The van der Waals surface area contributed by atoms with Crippen LogP contribution in [0, 0.1) is 0 Å². The zero-order valence-corrected chi connectivity index (χ0v) is 9.09. The Labute approximate surface area is 90.0 Å². The zero-order chi connectivity index (χ0) is 10.7. The molecule has 1 aromatic heterocycles. The second-order valence-electron chi connectivity index (χ2n) is 3.81. The van der Waals surface area contributed by atoms with Crippen LogP contribution in [-0.2, 0) is 6.67 Å². The molecule has 0 aliphatic heterocycles. The fourth-order valence-electron chi connectivity index (χ4n) is 1.58. The molecule has 2 aromatic rings. The SMILES string of the molecule is CN(C)Cn1ccnc1-c1ccccc1. The minimum atomic E-state index is 0.851. The first kappa shape index (κ1) is 9.93. The lowest BCUT2D eigenvalue weighted by Crippen LogP contribution is -2.16. The van der Waals surface area contributed by atoms with Gasteiger partial charge in [-0.3, -0.25) is 4.90 Å². The molecular formula is C12H15N3. The first-order valence-electron chi connectivity index (χ1n) is 4.98. The molecule has 1 heterocycles. The maximum atomic E-state index is 4.38. The van der Waals surface area contributed by atoms with Gasteiger partial charge in [0.15, 0.2) is 0 Å². The molecule has 3 heteroatoms. The van der Waals surface area contributed by atoms with E-state index in [9.17, 15) is 0 Å². The van der Waals surface area contributed by atoms with Crippen LogP contribution in [0.15, 0.2) is 42.7 Å². The Bertz CT molecular complexity index is 417. The number of hydrogen-bond acceptors (Lipinski definition) is 2. The maximum absolute atomic E-state index is 4.38. The van der Waals surface area contributed by atoms with E-state index in [4.69, 9.17) is 0 Å². The van der Waals surface area contributed by atoms with Crippen molar-refractivity contribution >= 4 is 0 Å². The van der Waals surface area contributed by atoms with Gasteiger partial charge in [-0.25, -0.2) is 4.98 Å². The van der Waals surface area contributed by atoms with Crippen molar-refractivity contribution in [1.29, 1.82) is 0 Å². The highest BCUT2D eigenvalue weighted by molar-refractivity contribution is 5.54. The summed E-state index contributed by atoms with van der Waals surface area (Å²) >= 11 is 0. The van der Waals surface area contributed by atoms with Crippen LogP contribution >= 0.6 is 0 Å². The van der Waals surface area contributed by atoms with E-state index in [1.807, 2.05) is 30.6 Å². The van der Waals surface area contributed by atoms with Gasteiger partial charge in [0.25, 0.3) is 0 Å². The van der Waals surface area contributed by atoms with Crippen LogP contribution in [-0.4, -0.2) is 28.5 Å². The van der Waals surface area contributed by atoms with E-state index in [1.54, 1.807) is 0 Å². The number of hydrogen-bond donors (Lipinski definition) is 0. The van der Waals surface area contributed by atoms with Crippen molar-refractivity contribution in [2.45, 2.75) is 6.67 Å². The van der Waals surface area contributed by atoms with E-state index in [0.29, 0.717) is 0 Å². The molecular weight excluding hydrogens is 186 g/mol. The van der Waals surface area contributed by atoms with Crippen LogP contribution in [0.4, 0.5) is 0 Å². The summed E-state index contributed by atoms with van der Waals surface area (Å²) < 4.78 is 2.13. The van der Waals surface area contributed by atoms with Gasteiger partial charge in [0, 0.05) is 18.0 Å². The monoisotopic (exact) mass is 201 g/mol. The Hall–Kier alpha value is -1.61. The molecule has 3 nitrogen and oxygen atoms in total. The fourth-order valence-corrected chi connectivity index (χ4v) is 1.58. The molecule has 0 aliphatic rings. The zero-order valence-electron chi connectivity index (χ0n) is 9.09. The summed E-state index contributed by atoms with van der Waals surface area (Å²) in [7, 11) is 4.10. The molecule has 0 radical (unpaired) electrons. The Morgan fingerprint density at radius 3 is 2.60 bits per heavy atom. The molecule has 0 saturated heterocycles. The van der Waals surface area contributed by atoms with Crippen molar-refractivity contribution in [3.63, 3.8) is 0 Å². The van der Waals surface area contributed by atoms with E-state index in [-0.39, 0.29) is 0 Å². The molecule has 78 valence electrons. The van der Waals surface area contributed by atoms with Gasteiger partial charge in [-0.1, -0.05) is 30.3 Å². The maximum Gasteiger partial charge on any atom is 0.140 e. The highest BCUT2D eigenvalue weighted by Crippen LogP contribution is 2.16. The lowest BCUT2D eigenvalue weighted by Gasteiger charge is -2.13. The molecule has 0 spiro atoms. The van der Waals surface area contributed by atoms with Crippen molar-refractivity contribution in [2.24, 2.45) is 0 Å². The van der Waals surface area contributed by atoms with E-state index in [0.717, 1.165) is 18.1 Å². The van der Waals surface area contributed by atoms with E-state index in [1.165, 1.54) is 0 Å². The second-order valence-corrected chi connectivity index (χ2v) is 3.81. The van der Waals surface area contributed by atoms with Crippen molar-refractivity contribution in [3.8, 4) is 11.4 Å². The Balaban J connectivity index is 2.33. The first-order valence-corrected chi connectivity index (χ1v) is 4.98. The predicted octanol–water partition coefficient (Wildman–Crippen LogP) is 2.07. The van der Waals surface area contributed by atoms with Gasteiger partial charge in [0.1, 0.15) is 5.82 Å². The molecule has 0 fully saturated rings. The van der Waals surface area contributed by atoms with Crippen molar-refractivity contribution in [1.82, 2.24) is 14.5 Å². The number of benzene rings is 1. The van der Waals surface area contributed by atoms with Gasteiger partial charge in [0.05, 0.1) is 6.67 Å². The van der Waals surface area contributed by atoms with Gasteiger partial charge < -0.3 is 4.57 Å². The quantitative estimate of drug-likeness (QED) is 0.758. The van der Waals surface area contributed by atoms with Gasteiger partial charge in [-0.15, -0.1) is 0 Å². The van der Waals surface area contributed by atoms with Crippen molar-refractivity contribution < 1.29 is 0 Å². The number of nitrogens with zero attached hydrogens (tertiary/aromatic N) is 3. The number of imidazole rings is 1. The molecule has 15 heavy (non-hydrogen) atoms. The van der Waals surface area contributed by atoms with Crippen molar-refractivity contribution in [2.75, 3.05) is 14.1 Å². The largest absolute Gasteiger partial charge is 0.318 e. The molecule has 2 rings (SSSR count). The summed E-state index contributed by atoms with van der Waals surface area (Å²) in [5, 5.41) is 0. The molecule has 0 unspecified atom stereocenters. The summed E-state index contributed by atoms with van der Waals surface area (Å²) in [5.74, 6) is 1.02. The van der Waals surface area contributed by atoms with Crippen LogP contribution in [0.3, 0.4) is 0 Å². The van der Waals surface area contributed by atoms with Crippen LogP contribution in [0.1, 0.15) is 0 Å². The van der Waals surface area contributed by atoms with E-state index >= 15 is 0 Å². The minimum Gasteiger partial charge on any atom is -0.318 e. The van der Waals surface area contributed by atoms with Gasteiger partial charge in [0.2, 0.25) is 0 Å². The second kappa shape index (κ2) is 4.28. The first-order chi connectivity index (χ1) is 7.27. The number of aromatic nitrogens is 2. The van der Waals surface area contributed by atoms with E-state index < -0.39 is 0 Å². The Kier molecular flexibility index (Phi) is 2.83. The highest BCUT2D eigenvalue weighted by Gasteiger charge is 2.04. The highest BCUT2D eigenvalue weighted by atomic mass is 15.2. The third-order valence-corrected chi connectivity index (χ3v) is 2.18. The predicted molar refractivity (Wildman–Crippen MR) is 61.4 cm³/mol. The average Bonchev–Trinajstić information content (AvgIpc) is 2.66. The van der Waals surface area contributed by atoms with Crippen LogP contribution in [0.5, 0.6) is 0 Å². The normalized spacial score (nSPS) is 10.9. The smallest absolute Gasteiger partial charge is 0.140 e. The molecule has 0 saturated carbocycles. The topological polar surface area (TPSA) is 21.1 Å². The van der Waals surface area contributed by atoms with E-state index in [2.05, 4.69) is 40.7 Å². The number of rotatable bonds is 3. The average molecular weight is 201 g/mol. The van der Waals surface area contributed by atoms with Gasteiger partial charge in [-0.05, 0) is 14.1 Å². The third-order valence-electron chi connectivity index (χ3n) is 2.18. The summed E-state index contributed by atoms with van der Waals surface area (Å²) in [4.78, 5) is 6.49. The molecule has 1 aromatic carbocycles. The Morgan fingerprint density at radius 2 is 1.93 bits per heavy atom.